The van der Waals surface area contributed by atoms with Crippen LogP contribution in [0.4, 0.5) is 0 Å². The second kappa shape index (κ2) is 8.97. The highest BCUT2D eigenvalue weighted by atomic mass is 32.2. The molecular formula is C22H29N2O3S+. The molecule has 0 spiro atoms. The van der Waals surface area contributed by atoms with E-state index in [1.807, 2.05) is 6.92 Å². The summed E-state index contributed by atoms with van der Waals surface area (Å²) in [5, 5.41) is 11.7. The minimum Gasteiger partial charge on any atom is -0.480 e. The molecule has 0 radical (unpaired) electrons. The first-order valence-electron chi connectivity index (χ1n) is 9.77. The number of fused-ring (bicyclic) bond motifs is 3. The van der Waals surface area contributed by atoms with Crippen molar-refractivity contribution in [2.75, 3.05) is 5.75 Å². The molecule has 3 aliphatic rings. The molecule has 6 atom stereocenters. The second-order valence-corrected chi connectivity index (χ2v) is 8.79. The molecule has 1 saturated heterocycles. The largest absolute Gasteiger partial charge is 0.480 e. The Kier molecular flexibility index (Phi) is 6.62. The zero-order valence-electron chi connectivity index (χ0n) is 16.6. The van der Waals surface area contributed by atoms with Gasteiger partial charge in [-0.25, -0.2) is 4.79 Å². The molecule has 0 aromatic carbocycles. The van der Waals surface area contributed by atoms with Gasteiger partial charge in [0, 0.05) is 35.5 Å². The first kappa shape index (κ1) is 20.7. The lowest BCUT2D eigenvalue weighted by atomic mass is 10.1. The van der Waals surface area contributed by atoms with Crippen LogP contribution in [-0.2, 0) is 9.59 Å². The van der Waals surface area contributed by atoms with E-state index in [2.05, 4.69) is 61.0 Å². The lowest BCUT2D eigenvalue weighted by molar-refractivity contribution is -0.878. The summed E-state index contributed by atoms with van der Waals surface area (Å²) < 4.78 is 0. The van der Waals surface area contributed by atoms with Crippen molar-refractivity contribution in [2.24, 2.45) is 11.8 Å². The van der Waals surface area contributed by atoms with Crippen LogP contribution in [0.15, 0.2) is 59.2 Å². The van der Waals surface area contributed by atoms with E-state index in [1.54, 1.807) is 0 Å². The lowest BCUT2D eigenvalue weighted by Gasteiger charge is -2.26. The maximum absolute atomic E-state index is 11.3. The minimum absolute atomic E-state index is 0.318. The Morgan fingerprint density at radius 2 is 2.14 bits per heavy atom. The van der Waals surface area contributed by atoms with Gasteiger partial charge in [0.2, 0.25) is 5.91 Å². The van der Waals surface area contributed by atoms with Gasteiger partial charge >= 0.3 is 5.97 Å². The molecule has 5 nitrogen and oxygen atoms in total. The summed E-state index contributed by atoms with van der Waals surface area (Å²) in [6.45, 7) is 5.48. The average Bonchev–Trinajstić information content (AvgIpc) is 3.39. The van der Waals surface area contributed by atoms with Gasteiger partial charge in [0.25, 0.3) is 0 Å². The van der Waals surface area contributed by atoms with E-state index in [1.165, 1.54) is 35.6 Å². The number of carbonyl (C=O) groups excluding carboxylic acids is 1. The monoisotopic (exact) mass is 401 g/mol. The Balaban J connectivity index is 1.59. The topological polar surface area (TPSA) is 70.8 Å². The Morgan fingerprint density at radius 3 is 2.82 bits per heavy atom. The Morgan fingerprint density at radius 1 is 1.36 bits per heavy atom. The summed E-state index contributed by atoms with van der Waals surface area (Å²) >= 11 is 1.50. The zero-order valence-corrected chi connectivity index (χ0v) is 17.4. The third kappa shape index (κ3) is 4.86. The molecule has 0 bridgehead atoms. The number of hydrogen-bond donors (Lipinski definition) is 3. The molecule has 6 unspecified atom stereocenters. The summed E-state index contributed by atoms with van der Waals surface area (Å²) in [5.74, 6) is 0.479. The summed E-state index contributed by atoms with van der Waals surface area (Å²) in [6.07, 6.45) is 18.7. The van der Waals surface area contributed by atoms with Crippen LogP contribution in [-0.4, -0.2) is 40.9 Å². The van der Waals surface area contributed by atoms with Crippen molar-refractivity contribution in [3.05, 3.63) is 59.2 Å². The Bertz CT molecular complexity index is 781. The first-order valence-corrected chi connectivity index (χ1v) is 10.8. The molecule has 2 heterocycles. The molecular weight excluding hydrogens is 372 g/mol. The highest BCUT2D eigenvalue weighted by molar-refractivity contribution is 8.03. The van der Waals surface area contributed by atoms with Crippen molar-refractivity contribution < 1.29 is 19.6 Å². The molecule has 1 amide bonds. The molecule has 0 aromatic heterocycles. The van der Waals surface area contributed by atoms with Gasteiger partial charge in [0.15, 0.2) is 0 Å². The zero-order chi connectivity index (χ0) is 20.3. The molecule has 2 aliphatic heterocycles. The number of thioether (sulfide) groups is 1. The number of carboxylic acid groups (broad SMARTS) is 1. The van der Waals surface area contributed by atoms with Gasteiger partial charge in [-0.1, -0.05) is 29.9 Å². The van der Waals surface area contributed by atoms with E-state index in [0.29, 0.717) is 17.8 Å². The summed E-state index contributed by atoms with van der Waals surface area (Å²) in [4.78, 5) is 25.1. The highest BCUT2D eigenvalue weighted by Crippen LogP contribution is 2.48. The van der Waals surface area contributed by atoms with Gasteiger partial charge in [-0.15, -0.1) is 11.8 Å². The normalized spacial score (nSPS) is 32.2. The van der Waals surface area contributed by atoms with Crippen LogP contribution in [0.3, 0.4) is 0 Å². The number of quaternary nitrogens is 1. The van der Waals surface area contributed by atoms with Crippen LogP contribution in [0.2, 0.25) is 0 Å². The molecule has 3 N–H and O–H groups in total. The Labute approximate surface area is 170 Å². The van der Waals surface area contributed by atoms with Crippen LogP contribution < -0.4 is 10.2 Å². The van der Waals surface area contributed by atoms with E-state index in [-0.39, 0.29) is 5.91 Å². The highest BCUT2D eigenvalue weighted by Gasteiger charge is 2.61. The number of piperidine rings is 1. The van der Waals surface area contributed by atoms with Gasteiger partial charge in [-0.3, -0.25) is 9.69 Å². The number of aliphatic carboxylic acids is 1. The first-order chi connectivity index (χ1) is 13.4. The molecule has 3 rings (SSSR count). The van der Waals surface area contributed by atoms with E-state index in [9.17, 15) is 14.7 Å². The summed E-state index contributed by atoms with van der Waals surface area (Å²) in [5.41, 5.74) is 1.26. The molecule has 6 heteroatoms. The molecule has 2 fully saturated rings. The summed E-state index contributed by atoms with van der Waals surface area (Å²) in [6, 6.07) is 0.121. The predicted molar refractivity (Wildman–Crippen MR) is 113 cm³/mol. The van der Waals surface area contributed by atoms with Crippen LogP contribution in [0.25, 0.3) is 0 Å². The van der Waals surface area contributed by atoms with Crippen molar-refractivity contribution in [3.63, 3.8) is 0 Å². The third-order valence-electron chi connectivity index (χ3n) is 5.70. The van der Waals surface area contributed by atoms with Crippen LogP contribution in [0.5, 0.6) is 0 Å². The number of carboxylic acids is 1. The number of nitrogens with one attached hydrogen (secondary N) is 2. The van der Waals surface area contributed by atoms with E-state index >= 15 is 0 Å². The van der Waals surface area contributed by atoms with Crippen molar-refractivity contribution >= 4 is 23.6 Å². The SMILES string of the molecule is CC=C(C)C=CC=CC1C2CC2C2C=C(SCC(NC(C)=O)C(=O)O)C=C[NH+]12. The summed E-state index contributed by atoms with van der Waals surface area (Å²) in [7, 11) is 0. The maximum atomic E-state index is 11.3. The van der Waals surface area contributed by atoms with E-state index in [4.69, 9.17) is 0 Å². The average molecular weight is 402 g/mol. The van der Waals surface area contributed by atoms with Crippen molar-refractivity contribution in [3.8, 4) is 0 Å². The molecule has 1 saturated carbocycles. The fraction of sp³-hybridized carbons (Fsp3) is 0.455. The molecule has 0 aromatic rings. The predicted octanol–water partition coefficient (Wildman–Crippen LogP) is 2.07. The number of allylic oxidation sites excluding steroid dienone is 6. The second-order valence-electron chi connectivity index (χ2n) is 7.70. The molecule has 28 heavy (non-hydrogen) atoms. The smallest absolute Gasteiger partial charge is 0.327 e. The number of carbonyl (C=O) groups is 2. The minimum atomic E-state index is -0.995. The number of hydrogen-bond acceptors (Lipinski definition) is 3. The quantitative estimate of drug-likeness (QED) is 0.545. The van der Waals surface area contributed by atoms with Crippen LogP contribution >= 0.6 is 11.8 Å². The Hall–Kier alpha value is -2.05. The van der Waals surface area contributed by atoms with Crippen molar-refractivity contribution in [2.45, 2.75) is 45.3 Å². The van der Waals surface area contributed by atoms with Crippen molar-refractivity contribution in [1.29, 1.82) is 0 Å². The molecule has 150 valence electrons. The lowest BCUT2D eigenvalue weighted by Crippen LogP contribution is -3.13. The standard InChI is InChI=1S/C22H28N2O3S/c1-4-14(2)7-5-6-8-20-17-12-18(17)21-11-16(9-10-24(20)21)28-13-19(22(26)27)23-15(3)25/h4-11,17-21H,12-13H2,1-3H3,(H,23,25)(H,26,27)/p+1. The van der Waals surface area contributed by atoms with Gasteiger partial charge in [0.05, 0.1) is 6.20 Å². The van der Waals surface area contributed by atoms with E-state index in [0.717, 1.165) is 16.7 Å². The fourth-order valence-electron chi connectivity index (χ4n) is 4.07. The van der Waals surface area contributed by atoms with E-state index < -0.39 is 12.0 Å². The maximum Gasteiger partial charge on any atom is 0.327 e. The van der Waals surface area contributed by atoms with Gasteiger partial charge in [-0.2, -0.15) is 0 Å². The van der Waals surface area contributed by atoms with Gasteiger partial charge in [0.1, 0.15) is 18.1 Å². The molecule has 1 aliphatic carbocycles. The van der Waals surface area contributed by atoms with Crippen LogP contribution in [0.1, 0.15) is 27.2 Å². The van der Waals surface area contributed by atoms with Crippen molar-refractivity contribution in [1.82, 2.24) is 5.32 Å². The number of amides is 1. The van der Waals surface area contributed by atoms with Gasteiger partial charge < -0.3 is 10.4 Å². The van der Waals surface area contributed by atoms with Crippen LogP contribution in [0, 0.1) is 11.8 Å². The number of rotatable bonds is 8. The van der Waals surface area contributed by atoms with Gasteiger partial charge in [-0.05, 0) is 32.4 Å². The third-order valence-corrected chi connectivity index (χ3v) is 6.81. The fourth-order valence-corrected chi connectivity index (χ4v) is 5.06.